The van der Waals surface area contributed by atoms with Crippen molar-refractivity contribution >= 4 is 16.5 Å². The van der Waals surface area contributed by atoms with Gasteiger partial charge in [-0.25, -0.2) is 0 Å². The Morgan fingerprint density at radius 3 is 2.95 bits per heavy atom. The SMILES string of the molecule is C/C(=C/CCNC1CC1)c1ccc2nc(C)ccc2c1. The Kier molecular flexibility index (Phi) is 3.83. The highest BCUT2D eigenvalue weighted by molar-refractivity contribution is 5.83. The molecule has 0 aliphatic heterocycles. The first-order valence-corrected chi connectivity index (χ1v) is 7.50. The smallest absolute Gasteiger partial charge is 0.0705 e. The Morgan fingerprint density at radius 1 is 1.30 bits per heavy atom. The average Bonchev–Trinajstić information content (AvgIpc) is 3.27. The normalized spacial score (nSPS) is 15.8. The van der Waals surface area contributed by atoms with Gasteiger partial charge in [0.1, 0.15) is 0 Å². The van der Waals surface area contributed by atoms with Crippen LogP contribution < -0.4 is 5.32 Å². The summed E-state index contributed by atoms with van der Waals surface area (Å²) in [4.78, 5) is 4.55. The highest BCUT2D eigenvalue weighted by Gasteiger charge is 2.19. The number of hydrogen-bond acceptors (Lipinski definition) is 2. The van der Waals surface area contributed by atoms with Gasteiger partial charge in [-0.2, -0.15) is 0 Å². The summed E-state index contributed by atoms with van der Waals surface area (Å²) >= 11 is 0. The molecule has 3 rings (SSSR count). The molecule has 0 radical (unpaired) electrons. The third kappa shape index (κ3) is 3.26. The van der Waals surface area contributed by atoms with Crippen LogP contribution in [0.1, 0.15) is 37.4 Å². The van der Waals surface area contributed by atoms with Crippen LogP contribution in [-0.2, 0) is 0 Å². The predicted molar refractivity (Wildman–Crippen MR) is 85.8 cm³/mol. The lowest BCUT2D eigenvalue weighted by atomic mass is 10.0. The highest BCUT2D eigenvalue weighted by atomic mass is 14.9. The first kappa shape index (κ1) is 13.3. The van der Waals surface area contributed by atoms with Crippen molar-refractivity contribution in [2.75, 3.05) is 6.54 Å². The van der Waals surface area contributed by atoms with Gasteiger partial charge in [0.05, 0.1) is 5.52 Å². The van der Waals surface area contributed by atoms with Gasteiger partial charge < -0.3 is 5.32 Å². The number of nitrogens with one attached hydrogen (secondary N) is 1. The second-order valence-corrected chi connectivity index (χ2v) is 5.76. The van der Waals surface area contributed by atoms with Crippen molar-refractivity contribution in [3.8, 4) is 0 Å². The van der Waals surface area contributed by atoms with Gasteiger partial charge in [0.2, 0.25) is 0 Å². The number of aromatic nitrogens is 1. The molecule has 1 fully saturated rings. The molecule has 104 valence electrons. The van der Waals surface area contributed by atoms with E-state index in [1.165, 1.54) is 29.4 Å². The van der Waals surface area contributed by atoms with Crippen LogP contribution in [0, 0.1) is 6.92 Å². The molecule has 1 aromatic carbocycles. The molecule has 0 bridgehead atoms. The van der Waals surface area contributed by atoms with Crippen LogP contribution in [0.15, 0.2) is 36.4 Å². The molecule has 1 aromatic heterocycles. The monoisotopic (exact) mass is 266 g/mol. The maximum atomic E-state index is 4.55. The molecule has 0 spiro atoms. The van der Waals surface area contributed by atoms with E-state index in [4.69, 9.17) is 0 Å². The summed E-state index contributed by atoms with van der Waals surface area (Å²) in [5.74, 6) is 0. The zero-order chi connectivity index (χ0) is 13.9. The number of fused-ring (bicyclic) bond motifs is 1. The van der Waals surface area contributed by atoms with Gasteiger partial charge in [-0.1, -0.05) is 18.2 Å². The van der Waals surface area contributed by atoms with Crippen LogP contribution in [0.3, 0.4) is 0 Å². The van der Waals surface area contributed by atoms with Gasteiger partial charge >= 0.3 is 0 Å². The minimum atomic E-state index is 0.804. The van der Waals surface area contributed by atoms with Gasteiger partial charge in [-0.3, -0.25) is 4.98 Å². The number of pyridine rings is 1. The topological polar surface area (TPSA) is 24.9 Å². The zero-order valence-corrected chi connectivity index (χ0v) is 12.3. The number of allylic oxidation sites excluding steroid dienone is 1. The van der Waals surface area contributed by atoms with E-state index in [2.05, 4.69) is 53.6 Å². The molecule has 20 heavy (non-hydrogen) atoms. The van der Waals surface area contributed by atoms with E-state index in [9.17, 15) is 0 Å². The summed E-state index contributed by atoms with van der Waals surface area (Å²) in [5.41, 5.74) is 4.81. The molecule has 2 nitrogen and oxygen atoms in total. The molecule has 1 heterocycles. The van der Waals surface area contributed by atoms with Crippen molar-refractivity contribution in [3.63, 3.8) is 0 Å². The largest absolute Gasteiger partial charge is 0.314 e. The Balaban J connectivity index is 1.71. The molecule has 1 aliphatic carbocycles. The molecule has 1 saturated carbocycles. The van der Waals surface area contributed by atoms with E-state index in [-0.39, 0.29) is 0 Å². The van der Waals surface area contributed by atoms with Crippen LogP contribution in [0.4, 0.5) is 0 Å². The van der Waals surface area contributed by atoms with Crippen LogP contribution in [0.25, 0.3) is 16.5 Å². The fourth-order valence-electron chi connectivity index (χ4n) is 2.45. The van der Waals surface area contributed by atoms with Gasteiger partial charge in [0.25, 0.3) is 0 Å². The Bertz CT molecular complexity index is 639. The molecule has 0 atom stereocenters. The number of benzene rings is 1. The molecule has 0 unspecified atom stereocenters. The molecular formula is C18H22N2. The summed E-state index contributed by atoms with van der Waals surface area (Å²) in [5, 5.41) is 4.76. The summed E-state index contributed by atoms with van der Waals surface area (Å²) < 4.78 is 0. The van der Waals surface area contributed by atoms with E-state index in [1.54, 1.807) is 0 Å². The molecule has 1 aliphatic rings. The fraction of sp³-hybridized carbons (Fsp3) is 0.389. The molecule has 2 aromatic rings. The van der Waals surface area contributed by atoms with E-state index < -0.39 is 0 Å². The van der Waals surface area contributed by atoms with Gasteiger partial charge in [0.15, 0.2) is 0 Å². The average molecular weight is 266 g/mol. The second-order valence-electron chi connectivity index (χ2n) is 5.76. The second kappa shape index (κ2) is 5.76. The Hall–Kier alpha value is -1.67. The molecule has 0 saturated heterocycles. The Morgan fingerprint density at radius 2 is 2.15 bits per heavy atom. The van der Waals surface area contributed by atoms with E-state index >= 15 is 0 Å². The van der Waals surface area contributed by atoms with E-state index in [1.807, 2.05) is 6.92 Å². The maximum absolute atomic E-state index is 4.55. The van der Waals surface area contributed by atoms with Crippen LogP contribution in [-0.4, -0.2) is 17.6 Å². The third-order valence-corrected chi connectivity index (χ3v) is 3.89. The summed E-state index contributed by atoms with van der Waals surface area (Å²) in [6.07, 6.45) is 6.16. The summed E-state index contributed by atoms with van der Waals surface area (Å²) in [6, 6.07) is 11.6. The standard InChI is InChI=1S/C18H22N2/c1-13(4-3-11-19-17-8-9-17)15-7-10-18-16(12-15)6-5-14(2)20-18/h4-7,10,12,17,19H,3,8-9,11H2,1-2H3/b13-4-. The van der Waals surface area contributed by atoms with Gasteiger partial charge in [-0.05, 0) is 69.0 Å². The highest BCUT2D eigenvalue weighted by Crippen LogP contribution is 2.21. The number of rotatable bonds is 5. The van der Waals surface area contributed by atoms with Crippen molar-refractivity contribution in [3.05, 3.63) is 47.7 Å². The number of nitrogens with zero attached hydrogens (tertiary/aromatic N) is 1. The minimum Gasteiger partial charge on any atom is -0.314 e. The number of hydrogen-bond donors (Lipinski definition) is 1. The van der Waals surface area contributed by atoms with Crippen molar-refractivity contribution in [2.24, 2.45) is 0 Å². The molecular weight excluding hydrogens is 244 g/mol. The molecule has 0 amide bonds. The van der Waals surface area contributed by atoms with Crippen molar-refractivity contribution in [2.45, 2.75) is 39.2 Å². The first-order valence-electron chi connectivity index (χ1n) is 7.50. The fourth-order valence-corrected chi connectivity index (χ4v) is 2.45. The minimum absolute atomic E-state index is 0.804. The number of aryl methyl sites for hydroxylation is 1. The van der Waals surface area contributed by atoms with Crippen molar-refractivity contribution in [1.29, 1.82) is 0 Å². The van der Waals surface area contributed by atoms with Crippen LogP contribution in [0.2, 0.25) is 0 Å². The lowest BCUT2D eigenvalue weighted by Gasteiger charge is -2.05. The molecule has 2 heteroatoms. The van der Waals surface area contributed by atoms with Crippen molar-refractivity contribution in [1.82, 2.24) is 10.3 Å². The van der Waals surface area contributed by atoms with Crippen LogP contribution >= 0.6 is 0 Å². The Labute approximate surface area is 120 Å². The lowest BCUT2D eigenvalue weighted by Crippen LogP contribution is -2.16. The van der Waals surface area contributed by atoms with Gasteiger partial charge in [0, 0.05) is 17.1 Å². The quantitative estimate of drug-likeness (QED) is 0.825. The first-order chi connectivity index (χ1) is 9.72. The van der Waals surface area contributed by atoms with Crippen LogP contribution in [0.5, 0.6) is 0 Å². The third-order valence-electron chi connectivity index (χ3n) is 3.89. The van der Waals surface area contributed by atoms with Crippen molar-refractivity contribution < 1.29 is 0 Å². The lowest BCUT2D eigenvalue weighted by molar-refractivity contribution is 0.690. The van der Waals surface area contributed by atoms with E-state index in [0.29, 0.717) is 0 Å². The predicted octanol–water partition coefficient (Wildman–Crippen LogP) is 4.09. The zero-order valence-electron chi connectivity index (χ0n) is 12.3. The van der Waals surface area contributed by atoms with Gasteiger partial charge in [-0.15, -0.1) is 0 Å². The maximum Gasteiger partial charge on any atom is 0.0705 e. The summed E-state index contributed by atoms with van der Waals surface area (Å²) in [6.45, 7) is 5.32. The summed E-state index contributed by atoms with van der Waals surface area (Å²) in [7, 11) is 0. The van der Waals surface area contributed by atoms with E-state index in [0.717, 1.165) is 30.2 Å². The molecule has 1 N–H and O–H groups in total.